The van der Waals surface area contributed by atoms with Crippen LogP contribution in [0.4, 0.5) is 21.0 Å². The average Bonchev–Trinajstić information content (AvgIpc) is 3.02. The zero-order valence-corrected chi connectivity index (χ0v) is 33.1. The number of nitrogens with two attached hydrogens (primary N) is 1. The van der Waals surface area contributed by atoms with Crippen molar-refractivity contribution < 1.29 is 45.7 Å². The number of unbranched alkanes of at least 4 members (excludes halogenated alkanes) is 4. The van der Waals surface area contributed by atoms with Gasteiger partial charge in [0.25, 0.3) is 20.4 Å². The first kappa shape index (κ1) is 48.9. The molecule has 2 aromatic carbocycles. The van der Waals surface area contributed by atoms with E-state index in [-0.39, 0.29) is 17.5 Å². The summed E-state index contributed by atoms with van der Waals surface area (Å²) in [5, 5.41) is 26.6. The number of hydrogen-bond acceptors (Lipinski definition) is 13. The van der Waals surface area contributed by atoms with Crippen LogP contribution in [-0.2, 0) is 28.5 Å². The van der Waals surface area contributed by atoms with E-state index in [2.05, 4.69) is 15.4 Å². The standard InChI is InChI=1S/C16H25N3O6S.C10H22N2O2.C6H4ClNO4S/c1-16(2,3)25-15(20)17-11-7-4-8-12-18-26(23,24)14-10-6-5-9-13(14)19(21)22;1-10(2,3)14-9(13)12-8-6-4-5-7-11;7-13(11,12)6-4-2-1-3-5(6)8(9)10/h5-6,9-10,18H,4,7-8,11-12H2,1-3H3,(H,17,20);4-8,11H2,1-3H3,(H,12,13);1-4H. The second-order valence-electron chi connectivity index (χ2n) is 13.1. The van der Waals surface area contributed by atoms with Gasteiger partial charge in [0.1, 0.15) is 11.2 Å². The first-order chi connectivity index (χ1) is 24.4. The summed E-state index contributed by atoms with van der Waals surface area (Å²) in [6.45, 7) is 12.8. The zero-order valence-electron chi connectivity index (χ0n) is 30.8. The summed E-state index contributed by atoms with van der Waals surface area (Å²) >= 11 is 0. The number of ether oxygens (including phenoxy) is 2. The Morgan fingerprint density at radius 1 is 0.679 bits per heavy atom. The van der Waals surface area contributed by atoms with Crippen molar-refractivity contribution in [1.29, 1.82) is 0 Å². The molecule has 0 unspecified atom stereocenters. The second-order valence-corrected chi connectivity index (χ2v) is 17.3. The fourth-order valence-electron chi connectivity index (χ4n) is 3.82. The monoisotopic (exact) mass is 810 g/mol. The van der Waals surface area contributed by atoms with Crippen LogP contribution in [0, 0.1) is 20.2 Å². The van der Waals surface area contributed by atoms with E-state index in [1.165, 1.54) is 30.3 Å². The summed E-state index contributed by atoms with van der Waals surface area (Å²) in [7, 11) is -3.02. The number of carbonyl (C=O) groups is 2. The first-order valence-corrected chi connectivity index (χ1v) is 20.3. The number of amides is 2. The molecule has 5 N–H and O–H groups in total. The van der Waals surface area contributed by atoms with Crippen LogP contribution >= 0.6 is 10.7 Å². The third-order valence-corrected chi connectivity index (χ3v) is 8.92. The summed E-state index contributed by atoms with van der Waals surface area (Å²) in [5.41, 5.74) is 3.40. The topological polar surface area (TPSA) is 269 Å². The van der Waals surface area contributed by atoms with Crippen LogP contribution in [-0.4, -0.2) is 76.2 Å². The fourth-order valence-corrected chi connectivity index (χ4v) is 6.08. The van der Waals surface area contributed by atoms with Gasteiger partial charge in [0, 0.05) is 42.4 Å². The predicted molar refractivity (Wildman–Crippen MR) is 200 cm³/mol. The van der Waals surface area contributed by atoms with Gasteiger partial charge in [-0.25, -0.2) is 31.1 Å². The Morgan fingerprint density at radius 3 is 1.43 bits per heavy atom. The molecule has 0 saturated carbocycles. The molecule has 0 spiro atoms. The number of hydrogen-bond donors (Lipinski definition) is 4. The third-order valence-electron chi connectivity index (χ3n) is 6.04. The van der Waals surface area contributed by atoms with Crippen molar-refractivity contribution in [2.75, 3.05) is 26.2 Å². The number of sulfonamides is 1. The predicted octanol–water partition coefficient (Wildman–Crippen LogP) is 5.73. The van der Waals surface area contributed by atoms with Crippen molar-refractivity contribution in [3.63, 3.8) is 0 Å². The Balaban J connectivity index is 0.000000843. The lowest BCUT2D eigenvalue weighted by atomic mass is 10.2. The van der Waals surface area contributed by atoms with Crippen LogP contribution in [0.3, 0.4) is 0 Å². The normalized spacial score (nSPS) is 11.5. The summed E-state index contributed by atoms with van der Waals surface area (Å²) in [4.78, 5) is 41.5. The van der Waals surface area contributed by atoms with Gasteiger partial charge in [-0.05, 0) is 85.9 Å². The lowest BCUT2D eigenvalue weighted by molar-refractivity contribution is -0.388. The molecule has 2 amide bonds. The summed E-state index contributed by atoms with van der Waals surface area (Å²) in [6.07, 6.45) is 4.05. The van der Waals surface area contributed by atoms with Gasteiger partial charge >= 0.3 is 12.2 Å². The molecular formula is C32H51ClN6O12S2. The molecule has 0 heterocycles. The highest BCUT2D eigenvalue weighted by atomic mass is 35.7. The Bertz CT molecular complexity index is 1700. The molecule has 0 atom stereocenters. The minimum Gasteiger partial charge on any atom is -0.444 e. The molecule has 300 valence electrons. The summed E-state index contributed by atoms with van der Waals surface area (Å²) in [5.74, 6) is 0. The van der Waals surface area contributed by atoms with Gasteiger partial charge in [-0.3, -0.25) is 20.2 Å². The number of nitrogens with one attached hydrogen (secondary N) is 3. The number of alkyl carbamates (subject to hydrolysis) is 2. The number of rotatable bonds is 16. The zero-order chi connectivity index (χ0) is 40.9. The van der Waals surface area contributed by atoms with Crippen molar-refractivity contribution in [1.82, 2.24) is 15.4 Å². The van der Waals surface area contributed by atoms with Crippen LogP contribution < -0.4 is 21.1 Å². The van der Waals surface area contributed by atoms with Gasteiger partial charge in [0.2, 0.25) is 10.0 Å². The number of benzene rings is 2. The number of carbonyl (C=O) groups excluding carboxylic acids is 2. The van der Waals surface area contributed by atoms with Gasteiger partial charge in [-0.15, -0.1) is 0 Å². The van der Waals surface area contributed by atoms with E-state index in [4.69, 9.17) is 25.9 Å². The maximum absolute atomic E-state index is 12.2. The van der Waals surface area contributed by atoms with Crippen LogP contribution in [0.5, 0.6) is 0 Å². The van der Waals surface area contributed by atoms with Gasteiger partial charge in [0.05, 0.1) is 9.85 Å². The van der Waals surface area contributed by atoms with Crippen LogP contribution in [0.15, 0.2) is 58.3 Å². The van der Waals surface area contributed by atoms with Gasteiger partial charge in [-0.1, -0.05) is 37.1 Å². The van der Waals surface area contributed by atoms with E-state index in [0.29, 0.717) is 38.9 Å². The Morgan fingerprint density at radius 2 is 1.06 bits per heavy atom. The Kier molecular flexibility index (Phi) is 21.7. The maximum atomic E-state index is 12.2. The molecule has 53 heavy (non-hydrogen) atoms. The fraction of sp³-hybridized carbons (Fsp3) is 0.562. The molecule has 0 radical (unpaired) electrons. The third kappa shape index (κ3) is 23.2. The minimum absolute atomic E-state index is 0.154. The van der Waals surface area contributed by atoms with Crippen molar-refractivity contribution >= 4 is 53.3 Å². The lowest BCUT2D eigenvalue weighted by Crippen LogP contribution is -2.33. The molecule has 0 saturated heterocycles. The summed E-state index contributed by atoms with van der Waals surface area (Å²) < 4.78 is 58.5. The van der Waals surface area contributed by atoms with Crippen molar-refractivity contribution in [2.24, 2.45) is 5.73 Å². The van der Waals surface area contributed by atoms with Gasteiger partial charge in [-0.2, -0.15) is 0 Å². The highest BCUT2D eigenvalue weighted by molar-refractivity contribution is 8.13. The molecule has 2 rings (SSSR count). The lowest BCUT2D eigenvalue weighted by Gasteiger charge is -2.19. The Hall–Kier alpha value is -4.11. The number of nitrogens with zero attached hydrogens (tertiary/aromatic N) is 2. The molecular weight excluding hydrogens is 760 g/mol. The van der Waals surface area contributed by atoms with Crippen molar-refractivity contribution in [3.8, 4) is 0 Å². The van der Waals surface area contributed by atoms with E-state index in [9.17, 15) is 46.7 Å². The quantitative estimate of drug-likeness (QED) is 0.0683. The number of nitro groups is 2. The van der Waals surface area contributed by atoms with E-state index < -0.39 is 62.5 Å². The largest absolute Gasteiger partial charge is 0.444 e. The molecule has 0 aliphatic heterocycles. The molecule has 0 bridgehead atoms. The SMILES string of the molecule is CC(C)(C)OC(=O)NCCCCCN.CC(C)(C)OC(=O)NCCCCCNS(=O)(=O)c1ccccc1[N+](=O)[O-].O=[N+]([O-])c1ccccc1S(=O)(=O)Cl. The average molecular weight is 811 g/mol. The molecule has 0 aromatic heterocycles. The van der Waals surface area contributed by atoms with Crippen molar-refractivity contribution in [2.45, 2.75) is 101 Å². The van der Waals surface area contributed by atoms with E-state index in [0.717, 1.165) is 37.5 Å². The second kappa shape index (κ2) is 23.5. The van der Waals surface area contributed by atoms with E-state index in [1.54, 1.807) is 20.8 Å². The highest BCUT2D eigenvalue weighted by Crippen LogP contribution is 2.26. The van der Waals surface area contributed by atoms with Gasteiger partial charge < -0.3 is 25.8 Å². The molecule has 0 aliphatic rings. The van der Waals surface area contributed by atoms with E-state index >= 15 is 0 Å². The number of halogens is 1. The Labute approximate surface area is 315 Å². The first-order valence-electron chi connectivity index (χ1n) is 16.5. The van der Waals surface area contributed by atoms with Crippen molar-refractivity contribution in [3.05, 3.63) is 68.8 Å². The molecule has 21 heteroatoms. The highest BCUT2D eigenvalue weighted by Gasteiger charge is 2.25. The molecule has 2 aromatic rings. The van der Waals surface area contributed by atoms with E-state index in [1.807, 2.05) is 20.8 Å². The summed E-state index contributed by atoms with van der Waals surface area (Å²) in [6, 6.07) is 10.1. The smallest absolute Gasteiger partial charge is 0.407 e. The molecule has 0 fully saturated rings. The minimum atomic E-state index is -4.05. The number of para-hydroxylation sites is 2. The van der Waals surface area contributed by atoms with Crippen LogP contribution in [0.1, 0.15) is 80.1 Å². The van der Waals surface area contributed by atoms with Crippen LogP contribution in [0.2, 0.25) is 0 Å². The molecule has 0 aliphatic carbocycles. The van der Waals surface area contributed by atoms with Crippen LogP contribution in [0.25, 0.3) is 0 Å². The van der Waals surface area contributed by atoms with Gasteiger partial charge in [0.15, 0.2) is 9.79 Å². The maximum Gasteiger partial charge on any atom is 0.407 e. The molecule has 18 nitrogen and oxygen atoms in total. The number of nitro benzene ring substituents is 2.